The van der Waals surface area contributed by atoms with Crippen LogP contribution in [0.15, 0.2) is 42.6 Å². The second-order valence-corrected chi connectivity index (χ2v) is 4.31. The van der Waals surface area contributed by atoms with E-state index >= 15 is 0 Å². The number of fused-ring (bicyclic) bond motifs is 1. The van der Waals surface area contributed by atoms with Gasteiger partial charge in [0.25, 0.3) is 0 Å². The summed E-state index contributed by atoms with van der Waals surface area (Å²) in [6.45, 7) is 0. The van der Waals surface area contributed by atoms with Gasteiger partial charge in [0, 0.05) is 25.4 Å². The maximum absolute atomic E-state index is 5.96. The van der Waals surface area contributed by atoms with E-state index in [1.807, 2.05) is 43.4 Å². The number of anilines is 1. The van der Waals surface area contributed by atoms with Crippen LogP contribution >= 0.6 is 0 Å². The van der Waals surface area contributed by atoms with Crippen LogP contribution < -0.4 is 5.73 Å². The van der Waals surface area contributed by atoms with E-state index < -0.39 is 0 Å². The first-order valence-corrected chi connectivity index (χ1v) is 5.85. The number of aromatic nitrogens is 3. The molecular formula is C14H14N4. The summed E-state index contributed by atoms with van der Waals surface area (Å²) in [4.78, 5) is 8.81. The van der Waals surface area contributed by atoms with Gasteiger partial charge in [-0.3, -0.25) is 0 Å². The Labute approximate surface area is 105 Å². The molecule has 0 spiro atoms. The first kappa shape index (κ1) is 10.8. The van der Waals surface area contributed by atoms with Crippen LogP contribution in [0.25, 0.3) is 11.2 Å². The number of nitrogens with zero attached hydrogens (tertiary/aromatic N) is 3. The molecule has 90 valence electrons. The molecule has 0 atom stereocenters. The van der Waals surface area contributed by atoms with Crippen molar-refractivity contribution in [3.8, 4) is 0 Å². The molecule has 2 N–H and O–H groups in total. The Kier molecular flexibility index (Phi) is 2.48. The third-order valence-corrected chi connectivity index (χ3v) is 3.15. The predicted octanol–water partition coefficient (Wildman–Crippen LogP) is 2.14. The van der Waals surface area contributed by atoms with Crippen LogP contribution in [0.1, 0.15) is 11.4 Å². The minimum atomic E-state index is 0.722. The van der Waals surface area contributed by atoms with Gasteiger partial charge in [0.05, 0.1) is 5.52 Å². The molecular weight excluding hydrogens is 224 g/mol. The van der Waals surface area contributed by atoms with Gasteiger partial charge in [-0.2, -0.15) is 0 Å². The molecule has 0 bridgehead atoms. The topological polar surface area (TPSA) is 56.7 Å². The largest absolute Gasteiger partial charge is 0.398 e. The van der Waals surface area contributed by atoms with E-state index in [-0.39, 0.29) is 0 Å². The molecule has 0 radical (unpaired) electrons. The maximum atomic E-state index is 5.96. The third kappa shape index (κ3) is 1.72. The zero-order chi connectivity index (χ0) is 12.5. The normalized spacial score (nSPS) is 10.9. The lowest BCUT2D eigenvalue weighted by Crippen LogP contribution is -2.01. The van der Waals surface area contributed by atoms with Gasteiger partial charge in [0.15, 0.2) is 5.65 Å². The second-order valence-electron chi connectivity index (χ2n) is 4.31. The molecule has 2 heterocycles. The summed E-state index contributed by atoms with van der Waals surface area (Å²) in [6.07, 6.45) is 2.48. The van der Waals surface area contributed by atoms with Crippen LogP contribution in [-0.4, -0.2) is 14.5 Å². The molecule has 0 aliphatic rings. The molecule has 0 aliphatic heterocycles. The lowest BCUT2D eigenvalue weighted by atomic mass is 10.1. The smallest absolute Gasteiger partial charge is 0.177 e. The van der Waals surface area contributed by atoms with Crippen molar-refractivity contribution in [1.82, 2.24) is 14.5 Å². The Balaban J connectivity index is 2.06. The minimum Gasteiger partial charge on any atom is -0.398 e. The number of imidazole rings is 1. The van der Waals surface area contributed by atoms with E-state index in [1.165, 1.54) is 0 Å². The predicted molar refractivity (Wildman–Crippen MR) is 72.2 cm³/mol. The molecule has 1 aromatic carbocycles. The third-order valence-electron chi connectivity index (χ3n) is 3.15. The summed E-state index contributed by atoms with van der Waals surface area (Å²) in [5.41, 5.74) is 9.68. The van der Waals surface area contributed by atoms with E-state index in [0.717, 1.165) is 34.7 Å². The highest BCUT2D eigenvalue weighted by molar-refractivity contribution is 5.71. The first-order chi connectivity index (χ1) is 8.75. The van der Waals surface area contributed by atoms with Gasteiger partial charge < -0.3 is 10.3 Å². The van der Waals surface area contributed by atoms with E-state index in [9.17, 15) is 0 Å². The second kappa shape index (κ2) is 4.14. The van der Waals surface area contributed by atoms with Gasteiger partial charge in [0.2, 0.25) is 0 Å². The van der Waals surface area contributed by atoms with Crippen molar-refractivity contribution in [2.45, 2.75) is 6.42 Å². The molecule has 0 unspecified atom stereocenters. The van der Waals surface area contributed by atoms with Crippen LogP contribution in [0.5, 0.6) is 0 Å². The number of rotatable bonds is 2. The minimum absolute atomic E-state index is 0.722. The maximum Gasteiger partial charge on any atom is 0.177 e. The Bertz CT molecular complexity index is 700. The van der Waals surface area contributed by atoms with Crippen molar-refractivity contribution in [3.05, 3.63) is 54.0 Å². The van der Waals surface area contributed by atoms with Crippen molar-refractivity contribution in [3.63, 3.8) is 0 Å². The number of para-hydroxylation sites is 1. The molecule has 3 rings (SSSR count). The standard InChI is InChI=1S/C14H14N4/c1-18-12-7-4-8-16-14(12)17-13(18)9-10-5-2-3-6-11(10)15/h2-8H,9,15H2,1H3. The summed E-state index contributed by atoms with van der Waals surface area (Å²) in [5, 5.41) is 0. The Morgan fingerprint density at radius 2 is 2.00 bits per heavy atom. The van der Waals surface area contributed by atoms with Crippen LogP contribution in [0.3, 0.4) is 0 Å². The lowest BCUT2D eigenvalue weighted by Gasteiger charge is -2.05. The molecule has 4 nitrogen and oxygen atoms in total. The average Bonchev–Trinajstić information content (AvgIpc) is 2.70. The van der Waals surface area contributed by atoms with Crippen LogP contribution in [-0.2, 0) is 13.5 Å². The Morgan fingerprint density at radius 1 is 1.17 bits per heavy atom. The number of pyridine rings is 1. The fraction of sp³-hybridized carbons (Fsp3) is 0.143. The molecule has 0 saturated carbocycles. The van der Waals surface area contributed by atoms with Gasteiger partial charge in [-0.15, -0.1) is 0 Å². The quantitative estimate of drug-likeness (QED) is 0.696. The Morgan fingerprint density at radius 3 is 2.78 bits per heavy atom. The average molecular weight is 238 g/mol. The number of nitrogen functional groups attached to an aromatic ring is 1. The van der Waals surface area contributed by atoms with Gasteiger partial charge in [-0.25, -0.2) is 9.97 Å². The molecule has 0 aliphatic carbocycles. The zero-order valence-corrected chi connectivity index (χ0v) is 10.2. The number of hydrogen-bond acceptors (Lipinski definition) is 3. The molecule has 3 aromatic rings. The molecule has 0 fully saturated rings. The zero-order valence-electron chi connectivity index (χ0n) is 10.2. The van der Waals surface area contributed by atoms with Crippen molar-refractivity contribution in [1.29, 1.82) is 0 Å². The summed E-state index contributed by atoms with van der Waals surface area (Å²) in [5.74, 6) is 0.974. The number of nitrogens with two attached hydrogens (primary N) is 1. The van der Waals surface area contributed by atoms with Crippen molar-refractivity contribution in [2.24, 2.45) is 7.05 Å². The fourth-order valence-electron chi connectivity index (χ4n) is 2.10. The summed E-state index contributed by atoms with van der Waals surface area (Å²) in [6, 6.07) is 11.8. The molecule has 18 heavy (non-hydrogen) atoms. The van der Waals surface area contributed by atoms with E-state index in [1.54, 1.807) is 6.20 Å². The summed E-state index contributed by atoms with van der Waals surface area (Å²) in [7, 11) is 2.01. The number of benzene rings is 1. The highest BCUT2D eigenvalue weighted by Gasteiger charge is 2.09. The van der Waals surface area contributed by atoms with Gasteiger partial charge >= 0.3 is 0 Å². The van der Waals surface area contributed by atoms with Crippen LogP contribution in [0, 0.1) is 0 Å². The van der Waals surface area contributed by atoms with E-state index in [0.29, 0.717) is 0 Å². The molecule has 2 aromatic heterocycles. The SMILES string of the molecule is Cn1c(Cc2ccccc2N)nc2ncccc21. The fourth-order valence-corrected chi connectivity index (χ4v) is 2.10. The summed E-state index contributed by atoms with van der Waals surface area (Å²) >= 11 is 0. The number of hydrogen-bond donors (Lipinski definition) is 1. The van der Waals surface area contributed by atoms with Crippen molar-refractivity contribution < 1.29 is 0 Å². The van der Waals surface area contributed by atoms with Crippen molar-refractivity contribution >= 4 is 16.9 Å². The highest BCUT2D eigenvalue weighted by Crippen LogP contribution is 2.18. The van der Waals surface area contributed by atoms with Gasteiger partial charge in [-0.05, 0) is 23.8 Å². The Hall–Kier alpha value is -2.36. The number of aryl methyl sites for hydroxylation is 1. The molecule has 0 amide bonds. The monoisotopic (exact) mass is 238 g/mol. The molecule has 4 heteroatoms. The first-order valence-electron chi connectivity index (χ1n) is 5.85. The van der Waals surface area contributed by atoms with Crippen LogP contribution in [0.2, 0.25) is 0 Å². The molecule has 0 saturated heterocycles. The van der Waals surface area contributed by atoms with Gasteiger partial charge in [0.1, 0.15) is 5.82 Å². The lowest BCUT2D eigenvalue weighted by molar-refractivity contribution is 0.845. The van der Waals surface area contributed by atoms with E-state index in [2.05, 4.69) is 14.5 Å². The summed E-state index contributed by atoms with van der Waals surface area (Å²) < 4.78 is 2.06. The van der Waals surface area contributed by atoms with Gasteiger partial charge in [-0.1, -0.05) is 18.2 Å². The van der Waals surface area contributed by atoms with Crippen molar-refractivity contribution in [2.75, 3.05) is 5.73 Å². The highest BCUT2D eigenvalue weighted by atomic mass is 15.1. The van der Waals surface area contributed by atoms with Crippen LogP contribution in [0.4, 0.5) is 5.69 Å². The van der Waals surface area contributed by atoms with E-state index in [4.69, 9.17) is 5.73 Å².